The molecule has 0 heterocycles. The maximum atomic E-state index is 12.2. The number of hydrogen-bond donors (Lipinski definition) is 3. The Bertz CT molecular complexity index is 722. The van der Waals surface area contributed by atoms with Crippen molar-refractivity contribution in [1.29, 1.82) is 0 Å². The van der Waals surface area contributed by atoms with E-state index in [9.17, 15) is 14.7 Å². The molecule has 2 amide bonds. The monoisotopic (exact) mass is 382 g/mol. The molecule has 0 radical (unpaired) electrons. The third-order valence-corrected chi connectivity index (χ3v) is 3.46. The molecule has 0 bridgehead atoms. The first-order chi connectivity index (χ1) is 10.5. The van der Waals surface area contributed by atoms with Crippen molar-refractivity contribution in [2.75, 3.05) is 16.5 Å². The summed E-state index contributed by atoms with van der Waals surface area (Å²) in [6.45, 7) is 0. The van der Waals surface area contributed by atoms with Gasteiger partial charge in [-0.2, -0.15) is 0 Å². The van der Waals surface area contributed by atoms with Gasteiger partial charge in [-0.25, -0.2) is 0 Å². The first-order valence-corrected chi connectivity index (χ1v) is 7.58. The summed E-state index contributed by atoms with van der Waals surface area (Å²) < 4.78 is 0.817. The molecule has 22 heavy (non-hydrogen) atoms. The third kappa shape index (κ3) is 4.22. The molecule has 0 aliphatic rings. The van der Waals surface area contributed by atoms with E-state index in [1.807, 2.05) is 6.07 Å². The van der Waals surface area contributed by atoms with Crippen LogP contribution in [0.1, 0.15) is 10.4 Å². The van der Waals surface area contributed by atoms with Crippen LogP contribution in [0.15, 0.2) is 46.9 Å². The second kappa shape index (κ2) is 7.29. The summed E-state index contributed by atoms with van der Waals surface area (Å²) in [7, 11) is 0. The third-order valence-electron chi connectivity index (χ3n) is 2.73. The lowest BCUT2D eigenvalue weighted by Gasteiger charge is -2.10. The molecule has 0 fully saturated rings. The standard InChI is InChI=1S/C15H12BrClN2O3/c16-9-2-1-3-10(6-9)19-15(22)12-7-11(4-5-13(12)20)18-14(21)8-17/h1-7,20H,8H2,(H,18,21)(H,19,22). The van der Waals surface area contributed by atoms with Crippen molar-refractivity contribution in [3.8, 4) is 5.75 Å². The second-order valence-corrected chi connectivity index (χ2v) is 5.56. The number of rotatable bonds is 4. The summed E-state index contributed by atoms with van der Waals surface area (Å²) in [6.07, 6.45) is 0. The summed E-state index contributed by atoms with van der Waals surface area (Å²) in [5.74, 6) is -1.26. The molecule has 2 rings (SSSR count). The molecule has 2 aromatic carbocycles. The van der Waals surface area contributed by atoms with Crippen molar-refractivity contribution in [1.82, 2.24) is 0 Å². The van der Waals surface area contributed by atoms with Gasteiger partial charge in [-0.3, -0.25) is 9.59 Å². The molecule has 3 N–H and O–H groups in total. The van der Waals surface area contributed by atoms with Crippen molar-refractivity contribution in [3.63, 3.8) is 0 Å². The van der Waals surface area contributed by atoms with Crippen LogP contribution in [0.3, 0.4) is 0 Å². The van der Waals surface area contributed by atoms with Gasteiger partial charge >= 0.3 is 0 Å². The van der Waals surface area contributed by atoms with E-state index in [1.54, 1.807) is 18.2 Å². The summed E-state index contributed by atoms with van der Waals surface area (Å²) in [5.41, 5.74) is 1.00. The molecular formula is C15H12BrClN2O3. The van der Waals surface area contributed by atoms with Crippen molar-refractivity contribution in [2.45, 2.75) is 0 Å². The molecule has 0 atom stereocenters. The Kier molecular flexibility index (Phi) is 5.41. The number of alkyl halides is 1. The summed E-state index contributed by atoms with van der Waals surface area (Å²) >= 11 is 8.72. The highest BCUT2D eigenvalue weighted by Crippen LogP contribution is 2.23. The summed E-state index contributed by atoms with van der Waals surface area (Å²) in [5, 5.41) is 15.0. The number of aromatic hydroxyl groups is 1. The van der Waals surface area contributed by atoms with E-state index in [-0.39, 0.29) is 17.2 Å². The first-order valence-electron chi connectivity index (χ1n) is 6.25. The minimum absolute atomic E-state index is 0.0485. The molecule has 0 unspecified atom stereocenters. The Hall–Kier alpha value is -2.05. The number of phenolic OH excluding ortho intramolecular Hbond substituents is 1. The van der Waals surface area contributed by atoms with Crippen LogP contribution in [0.25, 0.3) is 0 Å². The molecular weight excluding hydrogens is 372 g/mol. The largest absolute Gasteiger partial charge is 0.507 e. The van der Waals surface area contributed by atoms with Gasteiger partial charge in [0, 0.05) is 15.8 Å². The molecule has 0 aromatic heterocycles. The van der Waals surface area contributed by atoms with Crippen molar-refractivity contribution in [3.05, 3.63) is 52.5 Å². The minimum Gasteiger partial charge on any atom is -0.507 e. The molecule has 0 aliphatic heterocycles. The number of carbonyl (C=O) groups is 2. The number of halogens is 2. The number of amides is 2. The fraction of sp³-hybridized carbons (Fsp3) is 0.0667. The predicted molar refractivity (Wildman–Crippen MR) is 89.6 cm³/mol. The zero-order valence-corrected chi connectivity index (χ0v) is 13.6. The van der Waals surface area contributed by atoms with E-state index in [0.29, 0.717) is 11.4 Å². The van der Waals surface area contributed by atoms with E-state index in [1.165, 1.54) is 18.2 Å². The van der Waals surface area contributed by atoms with E-state index >= 15 is 0 Å². The average molecular weight is 384 g/mol. The van der Waals surface area contributed by atoms with Crippen LogP contribution in [0.4, 0.5) is 11.4 Å². The molecule has 114 valence electrons. The van der Waals surface area contributed by atoms with Crippen LogP contribution in [-0.2, 0) is 4.79 Å². The Morgan fingerprint density at radius 2 is 1.82 bits per heavy atom. The Morgan fingerprint density at radius 1 is 1.09 bits per heavy atom. The molecule has 5 nitrogen and oxygen atoms in total. The normalized spacial score (nSPS) is 10.1. The van der Waals surface area contributed by atoms with Gasteiger partial charge in [0.2, 0.25) is 5.91 Å². The summed E-state index contributed by atoms with van der Waals surface area (Å²) in [4.78, 5) is 23.5. The maximum absolute atomic E-state index is 12.2. The van der Waals surface area contributed by atoms with Crippen LogP contribution in [-0.4, -0.2) is 22.8 Å². The zero-order chi connectivity index (χ0) is 16.1. The van der Waals surface area contributed by atoms with E-state index in [4.69, 9.17) is 11.6 Å². The van der Waals surface area contributed by atoms with Crippen molar-refractivity contribution in [2.24, 2.45) is 0 Å². The van der Waals surface area contributed by atoms with Gasteiger partial charge in [-0.1, -0.05) is 22.0 Å². The van der Waals surface area contributed by atoms with Crippen molar-refractivity contribution >= 4 is 50.7 Å². The van der Waals surface area contributed by atoms with Gasteiger partial charge in [0.25, 0.3) is 5.91 Å². The maximum Gasteiger partial charge on any atom is 0.259 e. The van der Waals surface area contributed by atoms with E-state index in [0.717, 1.165) is 4.47 Å². The Morgan fingerprint density at radius 3 is 2.50 bits per heavy atom. The molecule has 0 spiro atoms. The van der Waals surface area contributed by atoms with Gasteiger partial charge in [0.05, 0.1) is 5.56 Å². The fourth-order valence-electron chi connectivity index (χ4n) is 1.75. The molecule has 0 aliphatic carbocycles. The second-order valence-electron chi connectivity index (χ2n) is 4.38. The SMILES string of the molecule is O=C(CCl)Nc1ccc(O)c(C(=O)Nc2cccc(Br)c2)c1. The van der Waals surface area contributed by atoms with Gasteiger partial charge in [0.15, 0.2) is 0 Å². The highest BCUT2D eigenvalue weighted by Gasteiger charge is 2.13. The Balaban J connectivity index is 2.21. The number of hydrogen-bond acceptors (Lipinski definition) is 3. The first kappa shape index (κ1) is 16.3. The van der Waals surface area contributed by atoms with Crippen LogP contribution < -0.4 is 10.6 Å². The van der Waals surface area contributed by atoms with Crippen molar-refractivity contribution < 1.29 is 14.7 Å². The molecule has 0 saturated heterocycles. The topological polar surface area (TPSA) is 78.4 Å². The van der Waals surface area contributed by atoms with Gasteiger partial charge in [0.1, 0.15) is 11.6 Å². The van der Waals surface area contributed by atoms with Crippen LogP contribution in [0.5, 0.6) is 5.75 Å². The van der Waals surface area contributed by atoms with E-state index < -0.39 is 11.8 Å². The van der Waals surface area contributed by atoms with Crippen LogP contribution >= 0.6 is 27.5 Å². The number of nitrogens with one attached hydrogen (secondary N) is 2. The van der Waals surface area contributed by atoms with Gasteiger partial charge in [-0.15, -0.1) is 11.6 Å². The average Bonchev–Trinajstić information content (AvgIpc) is 2.49. The number of carbonyl (C=O) groups excluding carboxylic acids is 2. The van der Waals surface area contributed by atoms with Crippen LogP contribution in [0, 0.1) is 0 Å². The fourth-order valence-corrected chi connectivity index (χ4v) is 2.22. The zero-order valence-electron chi connectivity index (χ0n) is 11.3. The predicted octanol–water partition coefficient (Wildman–Crippen LogP) is 3.58. The van der Waals surface area contributed by atoms with Gasteiger partial charge in [-0.05, 0) is 36.4 Å². The number of phenols is 1. The van der Waals surface area contributed by atoms with E-state index in [2.05, 4.69) is 26.6 Å². The lowest BCUT2D eigenvalue weighted by molar-refractivity contribution is -0.113. The van der Waals surface area contributed by atoms with Crippen LogP contribution in [0.2, 0.25) is 0 Å². The molecule has 0 saturated carbocycles. The molecule has 7 heteroatoms. The number of benzene rings is 2. The van der Waals surface area contributed by atoms with Gasteiger partial charge < -0.3 is 15.7 Å². The number of anilines is 2. The minimum atomic E-state index is -0.488. The Labute approximate surface area is 140 Å². The highest BCUT2D eigenvalue weighted by molar-refractivity contribution is 9.10. The summed E-state index contributed by atoms with van der Waals surface area (Å²) in [6, 6.07) is 11.3. The lowest BCUT2D eigenvalue weighted by Crippen LogP contribution is -2.15. The lowest BCUT2D eigenvalue weighted by atomic mass is 10.1. The highest BCUT2D eigenvalue weighted by atomic mass is 79.9. The smallest absolute Gasteiger partial charge is 0.259 e. The quantitative estimate of drug-likeness (QED) is 0.558. The molecule has 2 aromatic rings.